The second-order valence-electron chi connectivity index (χ2n) is 4.35. The molecule has 0 unspecified atom stereocenters. The molecule has 2 aromatic heterocycles. The van der Waals surface area contributed by atoms with Gasteiger partial charge in [-0.2, -0.15) is 0 Å². The molecule has 0 atom stereocenters. The zero-order chi connectivity index (χ0) is 13.1. The fourth-order valence-corrected chi connectivity index (χ4v) is 1.77. The van der Waals surface area contributed by atoms with Gasteiger partial charge < -0.3 is 9.47 Å². The molecular formula is C13H16N4O. The molecule has 0 aromatic carbocycles. The minimum atomic E-state index is -0.0359. The lowest BCUT2D eigenvalue weighted by Crippen LogP contribution is -2.28. The van der Waals surface area contributed by atoms with Crippen LogP contribution in [0.5, 0.6) is 0 Å². The Kier molecular flexibility index (Phi) is 3.41. The van der Waals surface area contributed by atoms with E-state index in [2.05, 4.69) is 9.97 Å². The summed E-state index contributed by atoms with van der Waals surface area (Å²) in [6.07, 6.45) is 6.75. The molecule has 18 heavy (non-hydrogen) atoms. The van der Waals surface area contributed by atoms with E-state index < -0.39 is 0 Å². The summed E-state index contributed by atoms with van der Waals surface area (Å²) in [5.41, 5.74) is 2.77. The van der Waals surface area contributed by atoms with E-state index in [0.29, 0.717) is 12.2 Å². The van der Waals surface area contributed by atoms with E-state index >= 15 is 0 Å². The molecule has 2 aromatic rings. The maximum absolute atomic E-state index is 12.2. The fourth-order valence-electron chi connectivity index (χ4n) is 1.77. The summed E-state index contributed by atoms with van der Waals surface area (Å²) in [6, 6.07) is 1.93. The van der Waals surface area contributed by atoms with Crippen LogP contribution in [-0.2, 0) is 13.6 Å². The Morgan fingerprint density at radius 1 is 1.39 bits per heavy atom. The first-order valence-corrected chi connectivity index (χ1v) is 5.71. The van der Waals surface area contributed by atoms with E-state index in [-0.39, 0.29) is 5.91 Å². The van der Waals surface area contributed by atoms with Crippen LogP contribution in [0.25, 0.3) is 0 Å². The van der Waals surface area contributed by atoms with Gasteiger partial charge in [-0.3, -0.25) is 9.78 Å². The quantitative estimate of drug-likeness (QED) is 0.820. The molecule has 0 aliphatic heterocycles. The van der Waals surface area contributed by atoms with Gasteiger partial charge >= 0.3 is 0 Å². The summed E-state index contributed by atoms with van der Waals surface area (Å²) in [4.78, 5) is 21.9. The monoisotopic (exact) mass is 244 g/mol. The second kappa shape index (κ2) is 5.00. The van der Waals surface area contributed by atoms with E-state index in [9.17, 15) is 4.79 Å². The molecule has 0 spiro atoms. The van der Waals surface area contributed by atoms with Crippen molar-refractivity contribution in [2.45, 2.75) is 13.5 Å². The molecule has 0 saturated heterocycles. The second-order valence-corrected chi connectivity index (χ2v) is 4.35. The topological polar surface area (TPSA) is 51.0 Å². The van der Waals surface area contributed by atoms with Crippen LogP contribution < -0.4 is 0 Å². The van der Waals surface area contributed by atoms with E-state index in [1.807, 2.05) is 20.0 Å². The van der Waals surface area contributed by atoms with Crippen molar-refractivity contribution in [2.75, 3.05) is 7.05 Å². The van der Waals surface area contributed by atoms with Crippen molar-refractivity contribution in [1.82, 2.24) is 19.4 Å². The molecule has 0 radical (unpaired) electrons. The van der Waals surface area contributed by atoms with Gasteiger partial charge in [0, 0.05) is 33.0 Å². The van der Waals surface area contributed by atoms with Gasteiger partial charge in [-0.25, -0.2) is 4.98 Å². The average Bonchev–Trinajstić information content (AvgIpc) is 2.77. The van der Waals surface area contributed by atoms with Gasteiger partial charge in [-0.1, -0.05) is 0 Å². The van der Waals surface area contributed by atoms with E-state index in [1.54, 1.807) is 41.4 Å². The predicted octanol–water partition coefficient (Wildman–Crippen LogP) is 1.40. The van der Waals surface area contributed by atoms with Gasteiger partial charge in [0.15, 0.2) is 0 Å². The normalized spacial score (nSPS) is 10.4. The zero-order valence-electron chi connectivity index (χ0n) is 10.8. The Labute approximate surface area is 106 Å². The third-order valence-corrected chi connectivity index (χ3v) is 2.93. The van der Waals surface area contributed by atoms with Crippen LogP contribution in [0.15, 0.2) is 31.0 Å². The van der Waals surface area contributed by atoms with Gasteiger partial charge in [0.25, 0.3) is 5.91 Å². The summed E-state index contributed by atoms with van der Waals surface area (Å²) in [7, 11) is 3.60. The van der Waals surface area contributed by atoms with E-state index in [0.717, 1.165) is 11.1 Å². The Morgan fingerprint density at radius 2 is 2.17 bits per heavy atom. The molecule has 0 bridgehead atoms. The lowest BCUT2D eigenvalue weighted by Gasteiger charge is -2.18. The van der Waals surface area contributed by atoms with E-state index in [4.69, 9.17) is 0 Å². The van der Waals surface area contributed by atoms with Crippen molar-refractivity contribution in [1.29, 1.82) is 0 Å². The average molecular weight is 244 g/mol. The number of hydrogen-bond donors (Lipinski definition) is 0. The number of nitrogens with zero attached hydrogens (tertiary/aromatic N) is 4. The van der Waals surface area contributed by atoms with Gasteiger partial charge in [-0.15, -0.1) is 0 Å². The van der Waals surface area contributed by atoms with Crippen molar-refractivity contribution in [3.05, 3.63) is 47.8 Å². The van der Waals surface area contributed by atoms with Crippen molar-refractivity contribution in [3.63, 3.8) is 0 Å². The molecule has 94 valence electrons. The maximum atomic E-state index is 12.2. The predicted molar refractivity (Wildman–Crippen MR) is 68.0 cm³/mol. The number of amides is 1. The number of carbonyl (C=O) groups excluding carboxylic acids is 1. The molecule has 0 fully saturated rings. The number of carbonyl (C=O) groups is 1. The Morgan fingerprint density at radius 3 is 2.78 bits per heavy atom. The summed E-state index contributed by atoms with van der Waals surface area (Å²) in [5.74, 6) is -0.0359. The first-order chi connectivity index (χ1) is 8.59. The molecule has 0 saturated carbocycles. The van der Waals surface area contributed by atoms with Gasteiger partial charge in [-0.05, 0) is 24.1 Å². The van der Waals surface area contributed by atoms with Crippen LogP contribution in [0.4, 0.5) is 0 Å². The summed E-state index contributed by atoms with van der Waals surface area (Å²) in [5, 5.41) is 0. The van der Waals surface area contributed by atoms with Crippen molar-refractivity contribution >= 4 is 5.91 Å². The lowest BCUT2D eigenvalue weighted by molar-refractivity contribution is 0.0775. The summed E-state index contributed by atoms with van der Waals surface area (Å²) < 4.78 is 1.72. The van der Waals surface area contributed by atoms with Crippen LogP contribution in [0.3, 0.4) is 0 Å². The highest BCUT2D eigenvalue weighted by Crippen LogP contribution is 2.10. The largest absolute Gasteiger partial charge is 0.336 e. The molecule has 2 rings (SSSR count). The SMILES string of the molecule is Cc1cnccc1CN(C)C(=O)c1cncn1C. The van der Waals surface area contributed by atoms with Gasteiger partial charge in [0.05, 0.1) is 12.5 Å². The molecule has 5 heteroatoms. The lowest BCUT2D eigenvalue weighted by atomic mass is 10.1. The Bertz CT molecular complexity index is 562. The Balaban J connectivity index is 2.14. The first kappa shape index (κ1) is 12.3. The molecule has 5 nitrogen and oxygen atoms in total. The molecule has 0 aliphatic carbocycles. The van der Waals surface area contributed by atoms with Gasteiger partial charge in [0.1, 0.15) is 5.69 Å². The first-order valence-electron chi connectivity index (χ1n) is 5.71. The zero-order valence-corrected chi connectivity index (χ0v) is 10.8. The highest BCUT2D eigenvalue weighted by atomic mass is 16.2. The number of imidazole rings is 1. The number of rotatable bonds is 3. The van der Waals surface area contributed by atoms with Crippen molar-refractivity contribution in [3.8, 4) is 0 Å². The van der Waals surface area contributed by atoms with Crippen molar-refractivity contribution < 1.29 is 4.79 Å². The van der Waals surface area contributed by atoms with Crippen LogP contribution >= 0.6 is 0 Å². The number of aromatic nitrogens is 3. The van der Waals surface area contributed by atoms with Crippen LogP contribution in [0, 0.1) is 6.92 Å². The molecule has 2 heterocycles. The minimum absolute atomic E-state index is 0.0359. The van der Waals surface area contributed by atoms with Crippen LogP contribution in [-0.4, -0.2) is 32.4 Å². The van der Waals surface area contributed by atoms with Crippen LogP contribution in [0.2, 0.25) is 0 Å². The molecule has 0 N–H and O–H groups in total. The smallest absolute Gasteiger partial charge is 0.272 e. The van der Waals surface area contributed by atoms with Gasteiger partial charge in [0.2, 0.25) is 0 Å². The minimum Gasteiger partial charge on any atom is -0.336 e. The number of hydrogen-bond acceptors (Lipinski definition) is 3. The van der Waals surface area contributed by atoms with Crippen molar-refractivity contribution in [2.24, 2.45) is 7.05 Å². The molecular weight excluding hydrogens is 228 g/mol. The summed E-state index contributed by atoms with van der Waals surface area (Å²) in [6.45, 7) is 2.56. The standard InChI is InChI=1S/C13H16N4O/c1-10-6-14-5-4-11(10)8-16(2)13(18)12-7-15-9-17(12)3/h4-7,9H,8H2,1-3H3. The van der Waals surface area contributed by atoms with E-state index in [1.165, 1.54) is 0 Å². The molecule has 0 aliphatic rings. The van der Waals surface area contributed by atoms with Crippen LogP contribution in [0.1, 0.15) is 21.6 Å². The number of aryl methyl sites for hydroxylation is 2. The number of pyridine rings is 1. The third-order valence-electron chi connectivity index (χ3n) is 2.93. The third kappa shape index (κ3) is 2.40. The highest BCUT2D eigenvalue weighted by molar-refractivity contribution is 5.92. The Hall–Kier alpha value is -2.17. The molecule has 1 amide bonds. The highest BCUT2D eigenvalue weighted by Gasteiger charge is 2.15. The fraction of sp³-hybridized carbons (Fsp3) is 0.308. The summed E-state index contributed by atoms with van der Waals surface area (Å²) >= 11 is 0. The maximum Gasteiger partial charge on any atom is 0.272 e.